The second-order valence-corrected chi connectivity index (χ2v) is 5.12. The molecule has 0 aliphatic heterocycles. The average Bonchev–Trinajstić information content (AvgIpc) is 2.29. The molecule has 18 heavy (non-hydrogen) atoms. The number of nitrogen functional groups attached to an aromatic ring is 1. The van der Waals surface area contributed by atoms with Crippen molar-refractivity contribution < 1.29 is 8.42 Å². The molecule has 0 heterocycles. The van der Waals surface area contributed by atoms with Gasteiger partial charge in [-0.15, -0.1) is 0 Å². The summed E-state index contributed by atoms with van der Waals surface area (Å²) in [6.07, 6.45) is 3.32. The molecule has 5 nitrogen and oxygen atoms in total. The minimum atomic E-state index is -3.93. The van der Waals surface area contributed by atoms with Crippen LogP contribution in [0.4, 0.5) is 0 Å². The predicted octanol–water partition coefficient (Wildman–Crippen LogP) is 1.21. The molecule has 0 aliphatic rings. The molecule has 0 spiro atoms. The second-order valence-electron chi connectivity index (χ2n) is 3.59. The molecule has 0 amide bonds. The Hall–Kier alpha value is -1.92. The molecule has 0 saturated heterocycles. The summed E-state index contributed by atoms with van der Waals surface area (Å²) in [6.45, 7) is 5.42. The van der Waals surface area contributed by atoms with Gasteiger partial charge in [-0.3, -0.25) is 5.41 Å². The van der Waals surface area contributed by atoms with E-state index >= 15 is 0 Å². The molecule has 1 rings (SSSR count). The van der Waals surface area contributed by atoms with Crippen LogP contribution in [0.1, 0.15) is 18.1 Å². The fourth-order valence-corrected chi connectivity index (χ4v) is 2.44. The highest BCUT2D eigenvalue weighted by atomic mass is 32.2. The average molecular weight is 265 g/mol. The predicted molar refractivity (Wildman–Crippen MR) is 72.7 cm³/mol. The summed E-state index contributed by atoms with van der Waals surface area (Å²) in [5, 5.41) is 12.7. The monoisotopic (exact) mass is 265 g/mol. The van der Waals surface area contributed by atoms with E-state index in [9.17, 15) is 8.42 Å². The van der Waals surface area contributed by atoms with E-state index in [2.05, 4.69) is 6.58 Å². The van der Waals surface area contributed by atoms with Crippen LogP contribution < -0.4 is 10.9 Å². The third-order valence-corrected chi connectivity index (χ3v) is 3.40. The summed E-state index contributed by atoms with van der Waals surface area (Å²) >= 11 is 0. The van der Waals surface area contributed by atoms with Gasteiger partial charge in [0.05, 0.1) is 4.90 Å². The van der Waals surface area contributed by atoms with Crippen molar-refractivity contribution in [2.75, 3.05) is 0 Å². The topological polar surface area (TPSA) is 110 Å². The molecule has 0 saturated carbocycles. The highest BCUT2D eigenvalue weighted by molar-refractivity contribution is 7.89. The first kappa shape index (κ1) is 14.1. The first-order valence-electron chi connectivity index (χ1n) is 5.12. The quantitative estimate of drug-likeness (QED) is 0.432. The number of benzene rings is 1. The molecule has 0 atom stereocenters. The highest BCUT2D eigenvalue weighted by Gasteiger charge is 2.19. The van der Waals surface area contributed by atoms with Crippen LogP contribution in [0.25, 0.3) is 5.57 Å². The van der Waals surface area contributed by atoms with Crippen molar-refractivity contribution in [2.24, 2.45) is 10.9 Å². The molecule has 96 valence electrons. The first-order valence-corrected chi connectivity index (χ1v) is 6.67. The third-order valence-electron chi connectivity index (χ3n) is 2.44. The van der Waals surface area contributed by atoms with Crippen molar-refractivity contribution in [3.8, 4) is 0 Å². The van der Waals surface area contributed by atoms with Gasteiger partial charge in [-0.2, -0.15) is 0 Å². The SMILES string of the molecule is C=C/C(=C\C)c1cccc(S(N)(=O)=O)c1C(=N)N. The van der Waals surface area contributed by atoms with Gasteiger partial charge in [0.2, 0.25) is 10.0 Å². The number of rotatable bonds is 4. The van der Waals surface area contributed by atoms with Crippen molar-refractivity contribution in [2.45, 2.75) is 11.8 Å². The van der Waals surface area contributed by atoms with E-state index in [1.54, 1.807) is 31.2 Å². The van der Waals surface area contributed by atoms with Gasteiger partial charge in [0.15, 0.2) is 0 Å². The number of amidine groups is 1. The zero-order chi connectivity index (χ0) is 13.9. The molecule has 0 aliphatic carbocycles. The zero-order valence-electron chi connectivity index (χ0n) is 9.97. The van der Waals surface area contributed by atoms with E-state index in [1.165, 1.54) is 6.07 Å². The van der Waals surface area contributed by atoms with Crippen LogP contribution in [0.15, 0.2) is 41.8 Å². The summed E-state index contributed by atoms with van der Waals surface area (Å²) in [4.78, 5) is -0.159. The molecule has 1 aromatic carbocycles. The summed E-state index contributed by atoms with van der Waals surface area (Å²) in [6, 6.07) is 4.54. The highest BCUT2D eigenvalue weighted by Crippen LogP contribution is 2.25. The fraction of sp³-hybridized carbons (Fsp3) is 0.0833. The van der Waals surface area contributed by atoms with Crippen LogP contribution in [-0.4, -0.2) is 14.3 Å². The number of nitrogens with two attached hydrogens (primary N) is 2. The first-order chi connectivity index (χ1) is 8.32. The number of sulfonamides is 1. The lowest BCUT2D eigenvalue weighted by Crippen LogP contribution is -2.22. The van der Waals surface area contributed by atoms with Crippen LogP contribution in [0.2, 0.25) is 0 Å². The number of nitrogens with one attached hydrogen (secondary N) is 1. The van der Waals surface area contributed by atoms with Gasteiger partial charge >= 0.3 is 0 Å². The fourth-order valence-electron chi connectivity index (χ4n) is 1.67. The molecular weight excluding hydrogens is 250 g/mol. The molecule has 0 unspecified atom stereocenters. The van der Waals surface area contributed by atoms with E-state index in [1.807, 2.05) is 0 Å². The van der Waals surface area contributed by atoms with Gasteiger partial charge in [0.1, 0.15) is 5.84 Å². The van der Waals surface area contributed by atoms with Gasteiger partial charge in [0.25, 0.3) is 0 Å². The lowest BCUT2D eigenvalue weighted by atomic mass is 9.99. The van der Waals surface area contributed by atoms with Crippen molar-refractivity contribution in [3.63, 3.8) is 0 Å². The molecule has 1 aromatic rings. The summed E-state index contributed by atoms with van der Waals surface area (Å²) < 4.78 is 23.0. The number of primary sulfonamides is 1. The van der Waals surface area contributed by atoms with Crippen molar-refractivity contribution in [1.29, 1.82) is 5.41 Å². The second kappa shape index (κ2) is 5.16. The molecule has 0 bridgehead atoms. The Labute approximate surface area is 106 Å². The molecule has 0 fully saturated rings. The van der Waals surface area contributed by atoms with Crippen LogP contribution >= 0.6 is 0 Å². The Morgan fingerprint density at radius 2 is 2.06 bits per heavy atom. The Bertz CT molecular complexity index is 631. The number of allylic oxidation sites excluding steroid dienone is 3. The van der Waals surface area contributed by atoms with Crippen LogP contribution in [0.5, 0.6) is 0 Å². The van der Waals surface area contributed by atoms with Crippen molar-refractivity contribution in [3.05, 3.63) is 48.1 Å². The van der Waals surface area contributed by atoms with Gasteiger partial charge < -0.3 is 5.73 Å². The third kappa shape index (κ3) is 2.66. The van der Waals surface area contributed by atoms with Crippen LogP contribution in [0.3, 0.4) is 0 Å². The molecule has 0 aromatic heterocycles. The molecular formula is C12H15N3O2S. The van der Waals surface area contributed by atoms with E-state index in [0.29, 0.717) is 11.1 Å². The van der Waals surface area contributed by atoms with Crippen LogP contribution in [-0.2, 0) is 10.0 Å². The van der Waals surface area contributed by atoms with E-state index < -0.39 is 10.0 Å². The Kier molecular flexibility index (Phi) is 4.05. The maximum absolute atomic E-state index is 11.5. The number of hydrogen-bond donors (Lipinski definition) is 3. The lowest BCUT2D eigenvalue weighted by molar-refractivity contribution is 0.597. The van der Waals surface area contributed by atoms with Crippen LogP contribution in [0, 0.1) is 5.41 Å². The standard InChI is InChI=1S/C12H15N3O2S/c1-3-8(4-2)9-6-5-7-10(18(15,16)17)11(9)12(13)14/h3-7H,1H2,2H3,(H3,13,14)(H2,15,16,17)/b8-4+. The van der Waals surface area contributed by atoms with Crippen molar-refractivity contribution in [1.82, 2.24) is 0 Å². The smallest absolute Gasteiger partial charge is 0.238 e. The zero-order valence-corrected chi connectivity index (χ0v) is 10.8. The van der Waals surface area contributed by atoms with Crippen molar-refractivity contribution >= 4 is 21.4 Å². The van der Waals surface area contributed by atoms with E-state index in [0.717, 1.165) is 0 Å². The van der Waals surface area contributed by atoms with Gasteiger partial charge in [-0.1, -0.05) is 30.9 Å². The Morgan fingerprint density at radius 3 is 2.44 bits per heavy atom. The largest absolute Gasteiger partial charge is 0.384 e. The Morgan fingerprint density at radius 1 is 1.44 bits per heavy atom. The normalized spacial score (nSPS) is 12.2. The molecule has 6 heteroatoms. The van der Waals surface area contributed by atoms with E-state index in [4.69, 9.17) is 16.3 Å². The summed E-state index contributed by atoms with van der Waals surface area (Å²) in [5.41, 5.74) is 6.77. The summed E-state index contributed by atoms with van der Waals surface area (Å²) in [7, 11) is -3.93. The molecule has 0 radical (unpaired) electrons. The van der Waals surface area contributed by atoms with Gasteiger partial charge in [-0.05, 0) is 24.1 Å². The minimum Gasteiger partial charge on any atom is -0.384 e. The number of hydrogen-bond acceptors (Lipinski definition) is 3. The minimum absolute atomic E-state index is 0.105. The molecule has 5 N–H and O–H groups in total. The van der Waals surface area contributed by atoms with Gasteiger partial charge in [0, 0.05) is 5.56 Å². The van der Waals surface area contributed by atoms with Gasteiger partial charge in [-0.25, -0.2) is 13.6 Å². The lowest BCUT2D eigenvalue weighted by Gasteiger charge is -2.12. The Balaban J connectivity index is 3.76. The summed E-state index contributed by atoms with van der Waals surface area (Å²) in [5.74, 6) is -0.351. The maximum atomic E-state index is 11.5. The van der Waals surface area contributed by atoms with E-state index in [-0.39, 0.29) is 16.3 Å². The maximum Gasteiger partial charge on any atom is 0.238 e.